The number of fused-ring (bicyclic) bond motifs is 1. The molecule has 0 aliphatic heterocycles. The first kappa shape index (κ1) is 13.8. The summed E-state index contributed by atoms with van der Waals surface area (Å²) < 4.78 is 0. The Balaban J connectivity index is 1.98. The minimum Gasteiger partial charge on any atom is -0.322 e. The lowest BCUT2D eigenvalue weighted by atomic mass is 10.1. The average molecular weight is 259 g/mol. The summed E-state index contributed by atoms with van der Waals surface area (Å²) in [5, 5.41) is 7.81. The van der Waals surface area contributed by atoms with Crippen LogP contribution >= 0.6 is 0 Å². The molecule has 4 heteroatoms. The lowest BCUT2D eigenvalue weighted by molar-refractivity contribution is 0.607. The highest BCUT2D eigenvalue weighted by Crippen LogP contribution is 2.13. The smallest absolute Gasteiger partial charge is 0.248 e. The van der Waals surface area contributed by atoms with Gasteiger partial charge >= 0.3 is 0 Å². The van der Waals surface area contributed by atoms with E-state index in [0.717, 1.165) is 49.1 Å². The highest BCUT2D eigenvalue weighted by Gasteiger charge is 2.02. The van der Waals surface area contributed by atoms with Gasteiger partial charge in [-0.3, -0.25) is 4.79 Å². The van der Waals surface area contributed by atoms with Crippen molar-refractivity contribution in [2.45, 2.75) is 19.9 Å². The molecule has 0 bridgehead atoms. The van der Waals surface area contributed by atoms with Gasteiger partial charge in [-0.05, 0) is 24.6 Å². The standard InChI is InChI=1S/C15H21N3O/c1-2-7-16-8-9-17-11-12-10-15(19)18-14-6-4-3-5-13(12)14/h3-6,10,16-17H,2,7-9,11H2,1H3,(H,18,19). The lowest BCUT2D eigenvalue weighted by Crippen LogP contribution is -2.27. The van der Waals surface area contributed by atoms with E-state index >= 15 is 0 Å². The second-order valence-corrected chi connectivity index (χ2v) is 4.63. The Labute approximate surface area is 113 Å². The zero-order valence-electron chi connectivity index (χ0n) is 11.3. The van der Waals surface area contributed by atoms with Crippen LogP contribution in [0.5, 0.6) is 0 Å². The van der Waals surface area contributed by atoms with Crippen molar-refractivity contribution in [3.8, 4) is 0 Å². The molecular weight excluding hydrogens is 238 g/mol. The largest absolute Gasteiger partial charge is 0.322 e. The van der Waals surface area contributed by atoms with E-state index in [4.69, 9.17) is 0 Å². The zero-order chi connectivity index (χ0) is 13.5. The van der Waals surface area contributed by atoms with Crippen LogP contribution in [0.4, 0.5) is 0 Å². The second kappa shape index (κ2) is 7.07. The van der Waals surface area contributed by atoms with Gasteiger partial charge in [0.25, 0.3) is 0 Å². The lowest BCUT2D eigenvalue weighted by Gasteiger charge is -2.08. The normalized spacial score (nSPS) is 11.0. The summed E-state index contributed by atoms with van der Waals surface area (Å²) in [5.74, 6) is 0. The third-order valence-corrected chi connectivity index (χ3v) is 3.06. The van der Waals surface area contributed by atoms with E-state index in [0.29, 0.717) is 0 Å². The minimum absolute atomic E-state index is 0.0420. The van der Waals surface area contributed by atoms with E-state index in [-0.39, 0.29) is 5.56 Å². The summed E-state index contributed by atoms with van der Waals surface area (Å²) in [6, 6.07) is 9.58. The van der Waals surface area contributed by atoms with Gasteiger partial charge in [0.05, 0.1) is 0 Å². The molecule has 1 heterocycles. The maximum atomic E-state index is 11.6. The van der Waals surface area contributed by atoms with Gasteiger partial charge in [0.2, 0.25) is 5.56 Å². The minimum atomic E-state index is -0.0420. The molecule has 3 N–H and O–H groups in total. The number of H-pyrrole nitrogens is 1. The van der Waals surface area contributed by atoms with E-state index in [1.165, 1.54) is 0 Å². The maximum absolute atomic E-state index is 11.6. The van der Waals surface area contributed by atoms with Crippen molar-refractivity contribution in [2.24, 2.45) is 0 Å². The van der Waals surface area contributed by atoms with Crippen LogP contribution in [0.1, 0.15) is 18.9 Å². The molecule has 0 saturated heterocycles. The molecule has 0 saturated carbocycles. The summed E-state index contributed by atoms with van der Waals surface area (Å²) in [5.41, 5.74) is 1.91. The van der Waals surface area contributed by atoms with Crippen molar-refractivity contribution in [2.75, 3.05) is 19.6 Å². The van der Waals surface area contributed by atoms with Crippen LogP contribution in [0, 0.1) is 0 Å². The van der Waals surface area contributed by atoms with Crippen molar-refractivity contribution in [3.05, 3.63) is 46.2 Å². The van der Waals surface area contributed by atoms with Gasteiger partial charge in [0.1, 0.15) is 0 Å². The summed E-state index contributed by atoms with van der Waals surface area (Å²) >= 11 is 0. The van der Waals surface area contributed by atoms with Crippen molar-refractivity contribution in [1.82, 2.24) is 15.6 Å². The third-order valence-electron chi connectivity index (χ3n) is 3.06. The number of hydrogen-bond donors (Lipinski definition) is 3. The number of rotatable bonds is 7. The molecule has 1 aromatic heterocycles. The monoisotopic (exact) mass is 259 g/mol. The molecule has 0 unspecified atom stereocenters. The first-order valence-corrected chi connectivity index (χ1v) is 6.83. The molecule has 2 aromatic rings. The van der Waals surface area contributed by atoms with Crippen LogP contribution in [-0.2, 0) is 6.54 Å². The van der Waals surface area contributed by atoms with Crippen molar-refractivity contribution >= 4 is 10.9 Å². The van der Waals surface area contributed by atoms with Crippen LogP contribution < -0.4 is 16.2 Å². The van der Waals surface area contributed by atoms with Crippen LogP contribution in [0.2, 0.25) is 0 Å². The first-order chi connectivity index (χ1) is 9.31. The molecular formula is C15H21N3O. The highest BCUT2D eigenvalue weighted by molar-refractivity contribution is 5.81. The van der Waals surface area contributed by atoms with E-state index in [2.05, 4.69) is 22.5 Å². The fraction of sp³-hybridized carbons (Fsp3) is 0.400. The highest BCUT2D eigenvalue weighted by atomic mass is 16.1. The third kappa shape index (κ3) is 3.91. The van der Waals surface area contributed by atoms with E-state index in [9.17, 15) is 4.79 Å². The number of hydrogen-bond acceptors (Lipinski definition) is 3. The van der Waals surface area contributed by atoms with Crippen LogP contribution in [0.15, 0.2) is 35.1 Å². The number of benzene rings is 1. The molecule has 0 fully saturated rings. The van der Waals surface area contributed by atoms with Gasteiger partial charge in [-0.1, -0.05) is 25.1 Å². The molecule has 0 atom stereocenters. The molecule has 2 rings (SSSR count). The molecule has 0 spiro atoms. The van der Waals surface area contributed by atoms with E-state index in [1.54, 1.807) is 6.07 Å². The number of pyridine rings is 1. The molecule has 0 aliphatic rings. The van der Waals surface area contributed by atoms with Gasteiger partial charge < -0.3 is 15.6 Å². The van der Waals surface area contributed by atoms with E-state index < -0.39 is 0 Å². The maximum Gasteiger partial charge on any atom is 0.248 e. The van der Waals surface area contributed by atoms with Gasteiger partial charge in [-0.15, -0.1) is 0 Å². The number of aromatic nitrogens is 1. The zero-order valence-corrected chi connectivity index (χ0v) is 11.3. The fourth-order valence-electron chi connectivity index (χ4n) is 2.12. The van der Waals surface area contributed by atoms with Gasteiger partial charge in [0.15, 0.2) is 0 Å². The second-order valence-electron chi connectivity index (χ2n) is 4.63. The van der Waals surface area contributed by atoms with Crippen molar-refractivity contribution in [1.29, 1.82) is 0 Å². The molecule has 0 amide bonds. The number of para-hydroxylation sites is 1. The van der Waals surface area contributed by atoms with E-state index in [1.807, 2.05) is 24.3 Å². The van der Waals surface area contributed by atoms with Gasteiger partial charge in [-0.25, -0.2) is 0 Å². The Morgan fingerprint density at radius 1 is 1.11 bits per heavy atom. The molecule has 0 radical (unpaired) electrons. The van der Waals surface area contributed by atoms with Crippen LogP contribution in [-0.4, -0.2) is 24.6 Å². The molecule has 102 valence electrons. The Morgan fingerprint density at radius 3 is 2.74 bits per heavy atom. The SMILES string of the molecule is CCCNCCNCc1cc(=O)[nH]c2ccccc12. The van der Waals surface area contributed by atoms with Crippen molar-refractivity contribution in [3.63, 3.8) is 0 Å². The molecule has 19 heavy (non-hydrogen) atoms. The first-order valence-electron chi connectivity index (χ1n) is 6.83. The van der Waals surface area contributed by atoms with Crippen LogP contribution in [0.25, 0.3) is 10.9 Å². The fourth-order valence-corrected chi connectivity index (χ4v) is 2.12. The topological polar surface area (TPSA) is 56.9 Å². The van der Waals surface area contributed by atoms with Crippen molar-refractivity contribution < 1.29 is 0 Å². The number of aromatic amines is 1. The molecule has 4 nitrogen and oxygen atoms in total. The average Bonchev–Trinajstić information content (AvgIpc) is 2.42. The quantitative estimate of drug-likeness (QED) is 0.662. The Morgan fingerprint density at radius 2 is 1.89 bits per heavy atom. The Hall–Kier alpha value is -1.65. The summed E-state index contributed by atoms with van der Waals surface area (Å²) in [6.07, 6.45) is 1.15. The Kier molecular flexibility index (Phi) is 5.12. The summed E-state index contributed by atoms with van der Waals surface area (Å²) in [6.45, 7) is 5.78. The summed E-state index contributed by atoms with van der Waals surface area (Å²) in [4.78, 5) is 14.4. The predicted molar refractivity (Wildman–Crippen MR) is 79.4 cm³/mol. The predicted octanol–water partition coefficient (Wildman–Crippen LogP) is 1.62. The van der Waals surface area contributed by atoms with Crippen LogP contribution in [0.3, 0.4) is 0 Å². The van der Waals surface area contributed by atoms with Gasteiger partial charge in [0, 0.05) is 36.6 Å². The molecule has 0 aliphatic carbocycles. The number of nitrogens with one attached hydrogen (secondary N) is 3. The molecule has 1 aromatic carbocycles. The summed E-state index contributed by atoms with van der Waals surface area (Å²) in [7, 11) is 0. The van der Waals surface area contributed by atoms with Gasteiger partial charge in [-0.2, -0.15) is 0 Å². The Bertz CT molecular complexity index is 577.